The largest absolute Gasteiger partial charge is 0.480 e. The SMILES string of the molecule is CCc1noc(C)c1C(=O)N1CCN(CC(=O)O)CC1. The lowest BCUT2D eigenvalue weighted by molar-refractivity contribution is -0.138. The summed E-state index contributed by atoms with van der Waals surface area (Å²) in [5.74, 6) is -0.372. The molecule has 1 aliphatic heterocycles. The van der Waals surface area contributed by atoms with E-state index in [4.69, 9.17) is 9.63 Å². The van der Waals surface area contributed by atoms with Crippen LogP contribution in [0.2, 0.25) is 0 Å². The molecule has 20 heavy (non-hydrogen) atoms. The molecule has 1 amide bonds. The molecular formula is C13H19N3O4. The first-order valence-corrected chi connectivity index (χ1v) is 6.71. The molecular weight excluding hydrogens is 262 g/mol. The molecule has 110 valence electrons. The number of piperazine rings is 1. The second-order valence-corrected chi connectivity index (χ2v) is 4.88. The lowest BCUT2D eigenvalue weighted by Gasteiger charge is -2.33. The van der Waals surface area contributed by atoms with Gasteiger partial charge in [-0.05, 0) is 13.3 Å². The van der Waals surface area contributed by atoms with Crippen LogP contribution in [0.5, 0.6) is 0 Å². The number of hydrogen-bond acceptors (Lipinski definition) is 5. The summed E-state index contributed by atoms with van der Waals surface area (Å²) in [4.78, 5) is 26.7. The van der Waals surface area contributed by atoms with Crippen LogP contribution in [-0.2, 0) is 11.2 Å². The number of amides is 1. The molecule has 1 N–H and O–H groups in total. The molecule has 1 fully saturated rings. The molecule has 0 bridgehead atoms. The molecule has 0 radical (unpaired) electrons. The lowest BCUT2D eigenvalue weighted by Crippen LogP contribution is -2.50. The number of nitrogens with zero attached hydrogens (tertiary/aromatic N) is 3. The zero-order chi connectivity index (χ0) is 14.7. The Kier molecular flexibility index (Phi) is 4.39. The van der Waals surface area contributed by atoms with Gasteiger partial charge in [0.15, 0.2) is 0 Å². The molecule has 7 nitrogen and oxygen atoms in total. The zero-order valence-corrected chi connectivity index (χ0v) is 11.8. The second kappa shape index (κ2) is 6.04. The molecule has 1 saturated heterocycles. The van der Waals surface area contributed by atoms with Gasteiger partial charge in [0.25, 0.3) is 5.91 Å². The average Bonchev–Trinajstić information content (AvgIpc) is 2.79. The van der Waals surface area contributed by atoms with Gasteiger partial charge in [0, 0.05) is 26.2 Å². The fourth-order valence-electron chi connectivity index (χ4n) is 2.39. The van der Waals surface area contributed by atoms with Gasteiger partial charge in [-0.2, -0.15) is 0 Å². The Morgan fingerprint density at radius 2 is 1.95 bits per heavy atom. The van der Waals surface area contributed by atoms with Crippen molar-refractivity contribution in [3.05, 3.63) is 17.0 Å². The zero-order valence-electron chi connectivity index (χ0n) is 11.8. The van der Waals surface area contributed by atoms with Gasteiger partial charge in [0.05, 0.1) is 12.2 Å². The van der Waals surface area contributed by atoms with Crippen LogP contribution in [-0.4, -0.2) is 64.7 Å². The second-order valence-electron chi connectivity index (χ2n) is 4.88. The summed E-state index contributed by atoms with van der Waals surface area (Å²) in [6.07, 6.45) is 0.650. The van der Waals surface area contributed by atoms with Gasteiger partial charge < -0.3 is 14.5 Å². The molecule has 2 heterocycles. The van der Waals surface area contributed by atoms with Gasteiger partial charge in [-0.1, -0.05) is 12.1 Å². The first-order valence-electron chi connectivity index (χ1n) is 6.71. The number of aryl methyl sites for hydroxylation is 2. The highest BCUT2D eigenvalue weighted by Crippen LogP contribution is 2.17. The van der Waals surface area contributed by atoms with E-state index in [1.165, 1.54) is 0 Å². The minimum atomic E-state index is -0.840. The smallest absolute Gasteiger partial charge is 0.317 e. The average molecular weight is 281 g/mol. The quantitative estimate of drug-likeness (QED) is 0.859. The monoisotopic (exact) mass is 281 g/mol. The van der Waals surface area contributed by atoms with E-state index >= 15 is 0 Å². The number of hydrogen-bond donors (Lipinski definition) is 1. The molecule has 7 heteroatoms. The Labute approximate surface area is 117 Å². The minimum Gasteiger partial charge on any atom is -0.480 e. The number of aromatic nitrogens is 1. The van der Waals surface area contributed by atoms with Gasteiger partial charge in [-0.3, -0.25) is 14.5 Å². The summed E-state index contributed by atoms with van der Waals surface area (Å²) in [6.45, 7) is 5.89. The van der Waals surface area contributed by atoms with Crippen LogP contribution in [0.1, 0.15) is 28.7 Å². The third-order valence-electron chi connectivity index (χ3n) is 3.50. The molecule has 0 unspecified atom stereocenters. The van der Waals surface area contributed by atoms with Crippen LogP contribution in [0.3, 0.4) is 0 Å². The summed E-state index contributed by atoms with van der Waals surface area (Å²) in [5.41, 5.74) is 1.24. The van der Waals surface area contributed by atoms with Gasteiger partial charge in [-0.15, -0.1) is 0 Å². The van der Waals surface area contributed by atoms with E-state index in [0.717, 1.165) is 0 Å². The molecule has 1 aliphatic rings. The molecule has 0 atom stereocenters. The standard InChI is InChI=1S/C13H19N3O4/c1-3-10-12(9(2)20-14-10)13(19)16-6-4-15(5-7-16)8-11(17)18/h3-8H2,1-2H3,(H,17,18). The summed E-state index contributed by atoms with van der Waals surface area (Å²) in [6, 6.07) is 0. The van der Waals surface area contributed by atoms with Gasteiger partial charge in [0.2, 0.25) is 0 Å². The fraction of sp³-hybridized carbons (Fsp3) is 0.615. The highest BCUT2D eigenvalue weighted by molar-refractivity contribution is 5.96. The molecule has 2 rings (SSSR count). The third-order valence-corrected chi connectivity index (χ3v) is 3.50. The molecule has 0 aromatic carbocycles. The van der Waals surface area contributed by atoms with Crippen LogP contribution in [0, 0.1) is 6.92 Å². The number of aliphatic carboxylic acids is 1. The summed E-state index contributed by atoms with van der Waals surface area (Å²) < 4.78 is 5.09. The van der Waals surface area contributed by atoms with Crippen molar-refractivity contribution in [1.82, 2.24) is 15.0 Å². The van der Waals surface area contributed by atoms with E-state index in [1.54, 1.807) is 11.8 Å². The first-order chi connectivity index (χ1) is 9.52. The van der Waals surface area contributed by atoms with E-state index in [2.05, 4.69) is 5.16 Å². The maximum atomic E-state index is 12.5. The Bertz CT molecular complexity index is 504. The summed E-state index contributed by atoms with van der Waals surface area (Å²) in [5, 5.41) is 12.6. The summed E-state index contributed by atoms with van der Waals surface area (Å²) >= 11 is 0. The van der Waals surface area contributed by atoms with Gasteiger partial charge in [-0.25, -0.2) is 0 Å². The predicted molar refractivity (Wildman–Crippen MR) is 70.6 cm³/mol. The van der Waals surface area contributed by atoms with Crippen LogP contribution >= 0.6 is 0 Å². The van der Waals surface area contributed by atoms with Crippen molar-refractivity contribution < 1.29 is 19.2 Å². The Morgan fingerprint density at radius 1 is 1.30 bits per heavy atom. The van der Waals surface area contributed by atoms with Crippen LogP contribution in [0.15, 0.2) is 4.52 Å². The maximum absolute atomic E-state index is 12.5. The van der Waals surface area contributed by atoms with Crippen LogP contribution in [0.4, 0.5) is 0 Å². The van der Waals surface area contributed by atoms with Crippen molar-refractivity contribution >= 4 is 11.9 Å². The molecule has 1 aromatic rings. The summed E-state index contributed by atoms with van der Waals surface area (Å²) in [7, 11) is 0. The predicted octanol–water partition coefficient (Wildman–Crippen LogP) is 0.388. The van der Waals surface area contributed by atoms with Crippen molar-refractivity contribution in [2.24, 2.45) is 0 Å². The molecule has 0 aliphatic carbocycles. The van der Waals surface area contributed by atoms with E-state index in [9.17, 15) is 9.59 Å². The van der Waals surface area contributed by atoms with E-state index in [0.29, 0.717) is 49.6 Å². The number of carboxylic acids is 1. The van der Waals surface area contributed by atoms with Crippen molar-refractivity contribution in [3.8, 4) is 0 Å². The lowest BCUT2D eigenvalue weighted by atomic mass is 10.1. The van der Waals surface area contributed by atoms with E-state index in [1.807, 2.05) is 11.8 Å². The third kappa shape index (κ3) is 2.98. The number of carboxylic acid groups (broad SMARTS) is 1. The Balaban J connectivity index is 2.01. The highest BCUT2D eigenvalue weighted by atomic mass is 16.5. The highest BCUT2D eigenvalue weighted by Gasteiger charge is 2.27. The molecule has 1 aromatic heterocycles. The van der Waals surface area contributed by atoms with Crippen molar-refractivity contribution in [2.45, 2.75) is 20.3 Å². The minimum absolute atomic E-state index is 0.0224. The van der Waals surface area contributed by atoms with E-state index in [-0.39, 0.29) is 12.5 Å². The van der Waals surface area contributed by atoms with Gasteiger partial charge >= 0.3 is 5.97 Å². The van der Waals surface area contributed by atoms with E-state index < -0.39 is 5.97 Å². The van der Waals surface area contributed by atoms with Crippen LogP contribution in [0.25, 0.3) is 0 Å². The van der Waals surface area contributed by atoms with Crippen molar-refractivity contribution in [1.29, 1.82) is 0 Å². The Hall–Kier alpha value is -1.89. The van der Waals surface area contributed by atoms with Gasteiger partial charge in [0.1, 0.15) is 11.3 Å². The number of carbonyl (C=O) groups excluding carboxylic acids is 1. The maximum Gasteiger partial charge on any atom is 0.317 e. The Morgan fingerprint density at radius 3 is 2.50 bits per heavy atom. The van der Waals surface area contributed by atoms with Crippen LogP contribution < -0.4 is 0 Å². The molecule has 0 spiro atoms. The van der Waals surface area contributed by atoms with Crippen molar-refractivity contribution in [3.63, 3.8) is 0 Å². The first kappa shape index (κ1) is 14.5. The normalized spacial score (nSPS) is 16.4. The number of carbonyl (C=O) groups is 2. The molecule has 0 saturated carbocycles. The van der Waals surface area contributed by atoms with Crippen molar-refractivity contribution in [2.75, 3.05) is 32.7 Å². The fourth-order valence-corrected chi connectivity index (χ4v) is 2.39. The number of rotatable bonds is 4. The topological polar surface area (TPSA) is 86.9 Å².